The molecule has 0 unspecified atom stereocenters. The van der Waals surface area contributed by atoms with E-state index in [9.17, 15) is 4.79 Å². The van der Waals surface area contributed by atoms with Gasteiger partial charge in [-0.1, -0.05) is 24.4 Å². The standard InChI is InChI=1S/C16H21ClN2O/c17-13-7-8-15(19-9-3-4-10-19)14(11-13)18-16(20)12-5-1-2-6-12/h7-8,11-12H,1-6,9-10H2,(H,18,20). The third kappa shape index (κ3) is 2.93. The summed E-state index contributed by atoms with van der Waals surface area (Å²) in [6.45, 7) is 2.13. The first-order chi connectivity index (χ1) is 9.74. The summed E-state index contributed by atoms with van der Waals surface area (Å²) in [5, 5.41) is 3.78. The Hall–Kier alpha value is -1.22. The molecule has 1 aliphatic heterocycles. The Morgan fingerprint density at radius 1 is 1.15 bits per heavy atom. The van der Waals surface area contributed by atoms with Gasteiger partial charge in [0.25, 0.3) is 0 Å². The van der Waals surface area contributed by atoms with Gasteiger partial charge in [-0.25, -0.2) is 0 Å². The molecule has 0 radical (unpaired) electrons. The largest absolute Gasteiger partial charge is 0.370 e. The molecule has 1 saturated carbocycles. The second-order valence-corrected chi connectivity index (χ2v) is 6.26. The Morgan fingerprint density at radius 2 is 1.85 bits per heavy atom. The molecule has 0 bridgehead atoms. The third-order valence-electron chi connectivity index (χ3n) is 4.39. The molecular formula is C16H21ClN2O. The van der Waals surface area contributed by atoms with Gasteiger partial charge in [-0.2, -0.15) is 0 Å². The number of carbonyl (C=O) groups is 1. The summed E-state index contributed by atoms with van der Waals surface area (Å²) in [7, 11) is 0. The van der Waals surface area contributed by atoms with Crippen molar-refractivity contribution >= 4 is 28.9 Å². The van der Waals surface area contributed by atoms with Gasteiger partial charge in [-0.15, -0.1) is 0 Å². The highest BCUT2D eigenvalue weighted by atomic mass is 35.5. The molecule has 0 atom stereocenters. The van der Waals surface area contributed by atoms with Gasteiger partial charge in [0.05, 0.1) is 11.4 Å². The number of hydrogen-bond acceptors (Lipinski definition) is 2. The van der Waals surface area contributed by atoms with Crippen LogP contribution in [0.1, 0.15) is 38.5 Å². The van der Waals surface area contributed by atoms with E-state index in [0.717, 1.165) is 37.3 Å². The van der Waals surface area contributed by atoms with E-state index in [2.05, 4.69) is 10.2 Å². The first-order valence-electron chi connectivity index (χ1n) is 7.59. The minimum atomic E-state index is 0.158. The van der Waals surface area contributed by atoms with E-state index >= 15 is 0 Å². The SMILES string of the molecule is O=C(Nc1cc(Cl)ccc1N1CCCC1)C1CCCC1. The summed E-state index contributed by atoms with van der Waals surface area (Å²) in [6.07, 6.45) is 6.83. The van der Waals surface area contributed by atoms with Crippen LogP contribution in [0.2, 0.25) is 5.02 Å². The fraction of sp³-hybridized carbons (Fsp3) is 0.562. The lowest BCUT2D eigenvalue weighted by Crippen LogP contribution is -2.24. The van der Waals surface area contributed by atoms with Crippen LogP contribution in [0.15, 0.2) is 18.2 Å². The van der Waals surface area contributed by atoms with Crippen molar-refractivity contribution in [3.05, 3.63) is 23.2 Å². The van der Waals surface area contributed by atoms with Gasteiger partial charge in [-0.3, -0.25) is 4.79 Å². The summed E-state index contributed by atoms with van der Waals surface area (Å²) in [5.74, 6) is 0.339. The van der Waals surface area contributed by atoms with Crippen LogP contribution >= 0.6 is 11.6 Å². The molecule has 1 saturated heterocycles. The van der Waals surface area contributed by atoms with Gasteiger partial charge >= 0.3 is 0 Å². The number of benzene rings is 1. The van der Waals surface area contributed by atoms with Gasteiger partial charge in [-0.05, 0) is 43.9 Å². The summed E-state index contributed by atoms with van der Waals surface area (Å²) >= 11 is 6.10. The highest BCUT2D eigenvalue weighted by Crippen LogP contribution is 2.33. The molecule has 0 aromatic heterocycles. The van der Waals surface area contributed by atoms with Crippen LogP contribution in [0.5, 0.6) is 0 Å². The molecule has 1 amide bonds. The number of carbonyl (C=O) groups excluding carboxylic acids is 1. The smallest absolute Gasteiger partial charge is 0.227 e. The van der Waals surface area contributed by atoms with E-state index in [0.29, 0.717) is 5.02 Å². The molecular weight excluding hydrogens is 272 g/mol. The highest BCUT2D eigenvalue weighted by molar-refractivity contribution is 6.31. The van der Waals surface area contributed by atoms with Crippen molar-refractivity contribution in [3.8, 4) is 0 Å². The predicted octanol–water partition coefficient (Wildman–Crippen LogP) is 4.07. The topological polar surface area (TPSA) is 32.3 Å². The zero-order valence-corrected chi connectivity index (χ0v) is 12.5. The number of amides is 1. The van der Waals surface area contributed by atoms with Gasteiger partial charge in [0.1, 0.15) is 0 Å². The van der Waals surface area contributed by atoms with Crippen LogP contribution < -0.4 is 10.2 Å². The number of hydrogen-bond donors (Lipinski definition) is 1. The zero-order chi connectivity index (χ0) is 13.9. The highest BCUT2D eigenvalue weighted by Gasteiger charge is 2.24. The molecule has 1 heterocycles. The lowest BCUT2D eigenvalue weighted by Gasteiger charge is -2.22. The molecule has 1 aliphatic carbocycles. The molecule has 3 nitrogen and oxygen atoms in total. The van der Waals surface area contributed by atoms with Crippen LogP contribution in [-0.2, 0) is 4.79 Å². The van der Waals surface area contributed by atoms with E-state index in [1.165, 1.54) is 25.7 Å². The second-order valence-electron chi connectivity index (χ2n) is 5.83. The van der Waals surface area contributed by atoms with Crippen LogP contribution in [0, 0.1) is 5.92 Å². The summed E-state index contributed by atoms with van der Waals surface area (Å²) in [5.41, 5.74) is 1.98. The third-order valence-corrected chi connectivity index (χ3v) is 4.62. The van der Waals surface area contributed by atoms with Crippen molar-refractivity contribution in [1.29, 1.82) is 0 Å². The van der Waals surface area contributed by atoms with Crippen LogP contribution in [0.4, 0.5) is 11.4 Å². The fourth-order valence-corrected chi connectivity index (χ4v) is 3.44. The number of nitrogens with one attached hydrogen (secondary N) is 1. The summed E-state index contributed by atoms with van der Waals surface area (Å²) in [4.78, 5) is 14.7. The molecule has 1 aromatic carbocycles. The van der Waals surface area contributed by atoms with Gasteiger partial charge in [0, 0.05) is 24.0 Å². The molecule has 1 N–H and O–H groups in total. The average Bonchev–Trinajstić information content (AvgIpc) is 3.12. The van der Waals surface area contributed by atoms with Crippen molar-refractivity contribution < 1.29 is 4.79 Å². The fourth-order valence-electron chi connectivity index (χ4n) is 3.26. The Bertz CT molecular complexity index is 491. The molecule has 1 aromatic rings. The Kier molecular flexibility index (Phi) is 4.16. The average molecular weight is 293 g/mol. The van der Waals surface area contributed by atoms with E-state index in [-0.39, 0.29) is 11.8 Å². The molecule has 20 heavy (non-hydrogen) atoms. The lowest BCUT2D eigenvalue weighted by molar-refractivity contribution is -0.119. The van der Waals surface area contributed by atoms with E-state index in [4.69, 9.17) is 11.6 Å². The number of halogens is 1. The van der Waals surface area contributed by atoms with Gasteiger partial charge in [0.15, 0.2) is 0 Å². The zero-order valence-electron chi connectivity index (χ0n) is 11.7. The van der Waals surface area contributed by atoms with Crippen molar-refractivity contribution in [3.63, 3.8) is 0 Å². The number of nitrogens with zero attached hydrogens (tertiary/aromatic N) is 1. The lowest BCUT2D eigenvalue weighted by atomic mass is 10.1. The van der Waals surface area contributed by atoms with Crippen LogP contribution in [0.25, 0.3) is 0 Å². The Labute approximate surface area is 125 Å². The molecule has 108 valence electrons. The predicted molar refractivity (Wildman–Crippen MR) is 83.5 cm³/mol. The van der Waals surface area contributed by atoms with E-state index in [1.807, 2.05) is 18.2 Å². The van der Waals surface area contributed by atoms with E-state index in [1.54, 1.807) is 0 Å². The summed E-state index contributed by atoms with van der Waals surface area (Å²) < 4.78 is 0. The van der Waals surface area contributed by atoms with Crippen molar-refractivity contribution in [1.82, 2.24) is 0 Å². The second kappa shape index (κ2) is 6.04. The molecule has 2 aliphatic rings. The first kappa shape index (κ1) is 13.7. The van der Waals surface area contributed by atoms with Gasteiger partial charge < -0.3 is 10.2 Å². The van der Waals surface area contributed by atoms with Gasteiger partial charge in [0.2, 0.25) is 5.91 Å². The quantitative estimate of drug-likeness (QED) is 0.911. The molecule has 2 fully saturated rings. The number of rotatable bonds is 3. The Balaban J connectivity index is 1.79. The molecule has 4 heteroatoms. The minimum Gasteiger partial charge on any atom is -0.370 e. The minimum absolute atomic E-state index is 0.158. The monoisotopic (exact) mass is 292 g/mol. The van der Waals surface area contributed by atoms with Crippen molar-refractivity contribution in [2.75, 3.05) is 23.3 Å². The van der Waals surface area contributed by atoms with E-state index < -0.39 is 0 Å². The summed E-state index contributed by atoms with van der Waals surface area (Å²) in [6, 6.07) is 5.81. The molecule has 0 spiro atoms. The first-order valence-corrected chi connectivity index (χ1v) is 7.97. The van der Waals surface area contributed by atoms with Crippen LogP contribution in [-0.4, -0.2) is 19.0 Å². The maximum atomic E-state index is 12.3. The van der Waals surface area contributed by atoms with Crippen molar-refractivity contribution in [2.24, 2.45) is 5.92 Å². The van der Waals surface area contributed by atoms with Crippen molar-refractivity contribution in [2.45, 2.75) is 38.5 Å². The normalized spacial score (nSPS) is 19.6. The Morgan fingerprint density at radius 3 is 2.55 bits per heavy atom. The maximum absolute atomic E-state index is 12.3. The molecule has 3 rings (SSSR count). The van der Waals surface area contributed by atoms with Crippen LogP contribution in [0.3, 0.4) is 0 Å². The maximum Gasteiger partial charge on any atom is 0.227 e. The number of anilines is 2.